The van der Waals surface area contributed by atoms with Gasteiger partial charge < -0.3 is 0 Å². The van der Waals surface area contributed by atoms with Gasteiger partial charge in [-0.25, -0.2) is 4.90 Å². The minimum absolute atomic E-state index is 0.0928. The van der Waals surface area contributed by atoms with Gasteiger partial charge in [-0.3, -0.25) is 9.59 Å². The molecule has 2 bridgehead atoms. The number of imide groups is 1. The number of anilines is 1. The van der Waals surface area contributed by atoms with E-state index in [1.165, 1.54) is 27.2 Å². The first-order chi connectivity index (χ1) is 14.1. The smallest absolute Gasteiger partial charge is 0.238 e. The number of rotatable bonds is 1. The molecule has 0 N–H and O–H groups in total. The summed E-state index contributed by atoms with van der Waals surface area (Å²) in [5, 5.41) is 0.479. The zero-order chi connectivity index (χ0) is 19.9. The highest BCUT2D eigenvalue weighted by atomic mass is 79.9. The zero-order valence-electron chi connectivity index (χ0n) is 15.2. The van der Waals surface area contributed by atoms with Crippen molar-refractivity contribution in [3.63, 3.8) is 0 Å². The fourth-order valence-electron chi connectivity index (χ4n) is 5.56. The number of benzene rings is 3. The zero-order valence-corrected chi connectivity index (χ0v) is 17.5. The fraction of sp³-hybridized carbons (Fsp3) is 0.167. The standard InChI is InChI=1S/C24H15BrClNO2/c25-17-10-9-12(11-18(17)26)27-23(28)21-19-13-5-1-2-6-14(13)20(22(21)24(27)29)16-8-4-3-7-15(16)19/h1-11,19-22H/t19?,20?,21-,22-/m1/s1. The molecule has 1 aliphatic heterocycles. The molecule has 3 nitrogen and oxygen atoms in total. The quantitative estimate of drug-likeness (QED) is 0.446. The minimum atomic E-state index is -0.375. The SMILES string of the molecule is O=C1[C@@H]2C3c4ccccc4C(c4ccccc43)[C@H]2C(=O)N1c1ccc(Br)c(Cl)c1. The Balaban J connectivity index is 1.56. The van der Waals surface area contributed by atoms with Gasteiger partial charge in [-0.2, -0.15) is 0 Å². The van der Waals surface area contributed by atoms with Crippen LogP contribution in [0.2, 0.25) is 5.02 Å². The average Bonchev–Trinajstić information content (AvgIpc) is 3.01. The first-order valence-electron chi connectivity index (χ1n) is 9.58. The van der Waals surface area contributed by atoms with Gasteiger partial charge in [0.05, 0.1) is 22.5 Å². The molecule has 142 valence electrons. The molecule has 3 aromatic rings. The van der Waals surface area contributed by atoms with Crippen molar-refractivity contribution in [1.29, 1.82) is 0 Å². The second-order valence-corrected chi connectivity index (χ2v) is 9.14. The number of nitrogens with zero attached hydrogens (tertiary/aromatic N) is 1. The van der Waals surface area contributed by atoms with E-state index < -0.39 is 0 Å². The third-order valence-electron chi connectivity index (χ3n) is 6.61. The molecule has 0 spiro atoms. The van der Waals surface area contributed by atoms with Crippen LogP contribution >= 0.6 is 27.5 Å². The van der Waals surface area contributed by atoms with Crippen molar-refractivity contribution < 1.29 is 9.59 Å². The van der Waals surface area contributed by atoms with Crippen LogP contribution in [0.4, 0.5) is 5.69 Å². The van der Waals surface area contributed by atoms with Crippen molar-refractivity contribution in [3.05, 3.63) is 98.5 Å². The maximum atomic E-state index is 13.6. The van der Waals surface area contributed by atoms with E-state index in [0.29, 0.717) is 10.7 Å². The van der Waals surface area contributed by atoms with Gasteiger partial charge in [0, 0.05) is 16.3 Å². The monoisotopic (exact) mass is 463 g/mol. The van der Waals surface area contributed by atoms with Crippen molar-refractivity contribution in [1.82, 2.24) is 0 Å². The van der Waals surface area contributed by atoms with Crippen LogP contribution in [0, 0.1) is 11.8 Å². The maximum absolute atomic E-state index is 13.6. The molecule has 0 aromatic heterocycles. The highest BCUT2D eigenvalue weighted by Gasteiger charge is 2.61. The number of carbonyl (C=O) groups is 2. The summed E-state index contributed by atoms with van der Waals surface area (Å²) < 4.78 is 0.735. The molecule has 2 atom stereocenters. The normalized spacial score (nSPS) is 26.3. The van der Waals surface area contributed by atoms with Crippen molar-refractivity contribution in [2.45, 2.75) is 11.8 Å². The summed E-state index contributed by atoms with van der Waals surface area (Å²) in [6, 6.07) is 21.7. The lowest BCUT2D eigenvalue weighted by Gasteiger charge is -2.45. The van der Waals surface area contributed by atoms with Gasteiger partial charge in [0.1, 0.15) is 0 Å². The van der Waals surface area contributed by atoms with E-state index in [2.05, 4.69) is 40.2 Å². The molecule has 3 aliphatic carbocycles. The Morgan fingerprint density at radius 2 is 1.17 bits per heavy atom. The highest BCUT2D eigenvalue weighted by Crippen LogP contribution is 2.61. The maximum Gasteiger partial charge on any atom is 0.238 e. The second-order valence-electron chi connectivity index (χ2n) is 7.88. The summed E-state index contributed by atoms with van der Waals surface area (Å²) >= 11 is 9.64. The molecule has 2 amide bonds. The Labute approximate surface area is 181 Å². The van der Waals surface area contributed by atoms with E-state index in [1.807, 2.05) is 24.3 Å². The lowest BCUT2D eigenvalue weighted by molar-refractivity contribution is -0.122. The van der Waals surface area contributed by atoms with E-state index in [-0.39, 0.29) is 35.5 Å². The van der Waals surface area contributed by atoms with Gasteiger partial charge in [0.2, 0.25) is 11.8 Å². The van der Waals surface area contributed by atoms with Crippen LogP contribution in [0.25, 0.3) is 0 Å². The van der Waals surface area contributed by atoms with Gasteiger partial charge in [0.15, 0.2) is 0 Å². The summed E-state index contributed by atoms with van der Waals surface area (Å²) in [6.45, 7) is 0. The first kappa shape index (κ1) is 17.4. The second kappa shape index (κ2) is 6.04. The lowest BCUT2D eigenvalue weighted by atomic mass is 9.55. The van der Waals surface area contributed by atoms with Gasteiger partial charge >= 0.3 is 0 Å². The summed E-state index contributed by atoms with van der Waals surface area (Å²) in [6.07, 6.45) is 0. The van der Waals surface area contributed by atoms with E-state index in [0.717, 1.165) is 4.47 Å². The number of amides is 2. The van der Waals surface area contributed by atoms with Crippen molar-refractivity contribution >= 4 is 45.0 Å². The molecule has 1 fully saturated rings. The van der Waals surface area contributed by atoms with Crippen molar-refractivity contribution in [2.24, 2.45) is 11.8 Å². The predicted molar refractivity (Wildman–Crippen MR) is 115 cm³/mol. The molecule has 1 heterocycles. The molecular formula is C24H15BrClNO2. The Morgan fingerprint density at radius 1 is 0.724 bits per heavy atom. The summed E-state index contributed by atoms with van der Waals surface area (Å²) in [4.78, 5) is 28.6. The third-order valence-corrected chi connectivity index (χ3v) is 7.84. The van der Waals surface area contributed by atoms with Gasteiger partial charge in [-0.15, -0.1) is 0 Å². The molecule has 29 heavy (non-hydrogen) atoms. The summed E-state index contributed by atoms with van der Waals surface area (Å²) in [7, 11) is 0. The molecule has 4 aliphatic rings. The number of hydrogen-bond donors (Lipinski definition) is 0. The van der Waals surface area contributed by atoms with Gasteiger partial charge in [-0.1, -0.05) is 60.1 Å². The Bertz CT molecular complexity index is 1110. The van der Waals surface area contributed by atoms with Crippen LogP contribution in [0.3, 0.4) is 0 Å². The number of carbonyl (C=O) groups excluding carboxylic acids is 2. The molecule has 7 rings (SSSR count). The Kier molecular flexibility index (Phi) is 3.63. The molecule has 3 aromatic carbocycles. The molecular weight excluding hydrogens is 450 g/mol. The molecule has 0 saturated carbocycles. The van der Waals surface area contributed by atoms with E-state index >= 15 is 0 Å². The summed E-state index contributed by atoms with van der Waals surface area (Å²) in [5.41, 5.74) is 5.24. The van der Waals surface area contributed by atoms with E-state index in [9.17, 15) is 9.59 Å². The number of hydrogen-bond acceptors (Lipinski definition) is 2. The predicted octanol–water partition coefficient (Wildman–Crippen LogP) is 5.50. The van der Waals surface area contributed by atoms with Crippen LogP contribution in [-0.4, -0.2) is 11.8 Å². The molecule has 1 saturated heterocycles. The van der Waals surface area contributed by atoms with Crippen molar-refractivity contribution in [2.75, 3.05) is 4.90 Å². The average molecular weight is 465 g/mol. The largest absolute Gasteiger partial charge is 0.274 e. The van der Waals surface area contributed by atoms with E-state index in [4.69, 9.17) is 11.6 Å². The number of halogens is 2. The van der Waals surface area contributed by atoms with Crippen LogP contribution in [0.15, 0.2) is 71.2 Å². The molecule has 0 radical (unpaired) electrons. The van der Waals surface area contributed by atoms with Gasteiger partial charge in [-0.05, 0) is 56.4 Å². The van der Waals surface area contributed by atoms with Crippen LogP contribution in [-0.2, 0) is 9.59 Å². The van der Waals surface area contributed by atoms with Crippen LogP contribution in [0.1, 0.15) is 34.1 Å². The third kappa shape index (κ3) is 2.19. The van der Waals surface area contributed by atoms with Crippen molar-refractivity contribution in [3.8, 4) is 0 Å². The first-order valence-corrected chi connectivity index (χ1v) is 10.8. The lowest BCUT2D eigenvalue weighted by Crippen LogP contribution is -2.41. The molecule has 5 heteroatoms. The summed E-state index contributed by atoms with van der Waals surface area (Å²) in [5.74, 6) is -1.19. The minimum Gasteiger partial charge on any atom is -0.274 e. The molecule has 0 unspecified atom stereocenters. The van der Waals surface area contributed by atoms with Gasteiger partial charge in [0.25, 0.3) is 0 Å². The van der Waals surface area contributed by atoms with Crippen LogP contribution < -0.4 is 4.90 Å². The topological polar surface area (TPSA) is 37.4 Å². The van der Waals surface area contributed by atoms with Crippen LogP contribution in [0.5, 0.6) is 0 Å². The fourth-order valence-corrected chi connectivity index (χ4v) is 5.98. The highest BCUT2D eigenvalue weighted by molar-refractivity contribution is 9.10. The Hall–Kier alpha value is -2.43. The van der Waals surface area contributed by atoms with E-state index in [1.54, 1.807) is 18.2 Å². The Morgan fingerprint density at radius 3 is 1.59 bits per heavy atom.